The fraction of sp³-hybridized carbons (Fsp3) is 0.846. The molecule has 0 aromatic carbocycles. The van der Waals surface area contributed by atoms with Crippen molar-refractivity contribution in [3.8, 4) is 0 Å². The summed E-state index contributed by atoms with van der Waals surface area (Å²) in [4.78, 5) is 22.5. The number of carboxylic acid groups (broad SMARTS) is 1. The van der Waals surface area contributed by atoms with E-state index in [4.69, 9.17) is 5.11 Å². The highest BCUT2D eigenvalue weighted by Gasteiger charge is 2.22. The second-order valence-corrected chi connectivity index (χ2v) is 5.51. The van der Waals surface area contributed by atoms with Crippen LogP contribution in [-0.4, -0.2) is 29.7 Å². The van der Waals surface area contributed by atoms with Crippen molar-refractivity contribution in [2.45, 2.75) is 52.0 Å². The third-order valence-electron chi connectivity index (χ3n) is 3.08. The molecule has 2 amide bonds. The fourth-order valence-electron chi connectivity index (χ4n) is 1.90. The van der Waals surface area contributed by atoms with E-state index in [-0.39, 0.29) is 11.9 Å². The topological polar surface area (TPSA) is 78.4 Å². The molecule has 0 unspecified atom stereocenters. The Labute approximate surface area is 108 Å². The van der Waals surface area contributed by atoms with E-state index in [9.17, 15) is 9.59 Å². The number of urea groups is 1. The highest BCUT2D eigenvalue weighted by Crippen LogP contribution is 2.33. The number of carbonyl (C=O) groups is 2. The molecule has 0 saturated heterocycles. The number of nitrogens with one attached hydrogen (secondary N) is 2. The summed E-state index contributed by atoms with van der Waals surface area (Å²) in [6, 6.07) is -1.17. The van der Waals surface area contributed by atoms with Crippen LogP contribution in [0.25, 0.3) is 0 Å². The van der Waals surface area contributed by atoms with Crippen molar-refractivity contribution >= 4 is 12.0 Å². The van der Waals surface area contributed by atoms with Gasteiger partial charge in [0.15, 0.2) is 0 Å². The number of carbonyl (C=O) groups excluding carboxylic acids is 1. The molecule has 3 N–H and O–H groups in total. The summed E-state index contributed by atoms with van der Waals surface area (Å²) in [5.41, 5.74) is 0. The molecule has 104 valence electrons. The Morgan fingerprint density at radius 2 is 2.00 bits per heavy atom. The molecule has 0 bridgehead atoms. The number of amides is 2. The first-order valence-electron chi connectivity index (χ1n) is 6.76. The maximum absolute atomic E-state index is 11.5. The number of carboxylic acids is 1. The van der Waals surface area contributed by atoms with Gasteiger partial charge in [-0.2, -0.15) is 0 Å². The van der Waals surface area contributed by atoms with Gasteiger partial charge in [-0.1, -0.05) is 26.7 Å². The molecule has 1 aliphatic carbocycles. The quantitative estimate of drug-likeness (QED) is 0.581. The van der Waals surface area contributed by atoms with Crippen molar-refractivity contribution in [1.82, 2.24) is 10.6 Å². The van der Waals surface area contributed by atoms with Crippen LogP contribution in [-0.2, 0) is 4.79 Å². The van der Waals surface area contributed by atoms with Crippen LogP contribution in [0, 0.1) is 11.8 Å². The normalized spacial score (nSPS) is 16.4. The summed E-state index contributed by atoms with van der Waals surface area (Å²) >= 11 is 0. The van der Waals surface area contributed by atoms with E-state index < -0.39 is 12.0 Å². The van der Waals surface area contributed by atoms with E-state index in [1.54, 1.807) is 0 Å². The van der Waals surface area contributed by atoms with Crippen LogP contribution in [0.15, 0.2) is 0 Å². The molecule has 1 fully saturated rings. The summed E-state index contributed by atoms with van der Waals surface area (Å²) < 4.78 is 0. The molecular weight excluding hydrogens is 232 g/mol. The van der Waals surface area contributed by atoms with Crippen LogP contribution in [0.5, 0.6) is 0 Å². The molecule has 0 aliphatic heterocycles. The van der Waals surface area contributed by atoms with Crippen molar-refractivity contribution < 1.29 is 14.7 Å². The van der Waals surface area contributed by atoms with Gasteiger partial charge in [-0.15, -0.1) is 0 Å². The van der Waals surface area contributed by atoms with Gasteiger partial charge in [0.2, 0.25) is 0 Å². The number of hydrogen-bond acceptors (Lipinski definition) is 2. The molecule has 0 radical (unpaired) electrons. The van der Waals surface area contributed by atoms with Crippen LogP contribution >= 0.6 is 0 Å². The highest BCUT2D eigenvalue weighted by molar-refractivity contribution is 5.82. The summed E-state index contributed by atoms with van der Waals surface area (Å²) in [6.07, 6.45) is 5.23. The minimum atomic E-state index is -0.975. The van der Waals surface area contributed by atoms with Gasteiger partial charge in [-0.25, -0.2) is 9.59 Å². The van der Waals surface area contributed by atoms with Gasteiger partial charge in [0, 0.05) is 6.54 Å². The van der Waals surface area contributed by atoms with Crippen LogP contribution in [0.3, 0.4) is 0 Å². The van der Waals surface area contributed by atoms with Crippen molar-refractivity contribution in [3.05, 3.63) is 0 Å². The summed E-state index contributed by atoms with van der Waals surface area (Å²) in [7, 11) is 0. The van der Waals surface area contributed by atoms with Crippen LogP contribution in [0.4, 0.5) is 4.79 Å². The Bertz CT molecular complexity index is 288. The van der Waals surface area contributed by atoms with Gasteiger partial charge in [0.1, 0.15) is 6.04 Å². The minimum absolute atomic E-state index is 0.237. The second-order valence-electron chi connectivity index (χ2n) is 5.51. The standard InChI is InChI=1S/C13H24N2O3/c1-9(2)8-11(12(16)17)15-13(18)14-7-3-4-10-5-6-10/h9-11H,3-8H2,1-2H3,(H,16,17)(H2,14,15,18)/t11-/m1/s1. The van der Waals surface area contributed by atoms with E-state index in [2.05, 4.69) is 10.6 Å². The largest absolute Gasteiger partial charge is 0.480 e. The average Bonchev–Trinajstić information content (AvgIpc) is 3.06. The van der Waals surface area contributed by atoms with Crippen LogP contribution < -0.4 is 10.6 Å². The number of aliphatic carboxylic acids is 1. The molecule has 1 atom stereocenters. The molecule has 1 aliphatic rings. The number of hydrogen-bond donors (Lipinski definition) is 3. The average molecular weight is 256 g/mol. The molecule has 0 aromatic heterocycles. The van der Waals surface area contributed by atoms with Gasteiger partial charge >= 0.3 is 12.0 Å². The van der Waals surface area contributed by atoms with Crippen LogP contribution in [0.2, 0.25) is 0 Å². The SMILES string of the molecule is CC(C)C[C@@H](NC(=O)NCCCC1CC1)C(=O)O. The second kappa shape index (κ2) is 7.24. The lowest BCUT2D eigenvalue weighted by molar-refractivity contribution is -0.139. The lowest BCUT2D eigenvalue weighted by atomic mass is 10.0. The summed E-state index contributed by atoms with van der Waals surface area (Å²) in [5, 5.41) is 14.2. The Hall–Kier alpha value is -1.26. The van der Waals surface area contributed by atoms with E-state index in [1.165, 1.54) is 12.8 Å². The van der Waals surface area contributed by atoms with E-state index in [0.29, 0.717) is 13.0 Å². The smallest absolute Gasteiger partial charge is 0.326 e. The monoisotopic (exact) mass is 256 g/mol. The molecule has 1 saturated carbocycles. The molecule has 18 heavy (non-hydrogen) atoms. The Morgan fingerprint density at radius 3 is 2.50 bits per heavy atom. The highest BCUT2D eigenvalue weighted by atomic mass is 16.4. The van der Waals surface area contributed by atoms with Crippen molar-refractivity contribution in [1.29, 1.82) is 0 Å². The van der Waals surface area contributed by atoms with Crippen molar-refractivity contribution in [2.24, 2.45) is 11.8 Å². The zero-order valence-corrected chi connectivity index (χ0v) is 11.2. The lowest BCUT2D eigenvalue weighted by Gasteiger charge is -2.16. The van der Waals surface area contributed by atoms with Crippen LogP contribution in [0.1, 0.15) is 46.0 Å². The zero-order valence-electron chi connectivity index (χ0n) is 11.2. The van der Waals surface area contributed by atoms with Gasteiger partial charge in [0.25, 0.3) is 0 Å². The van der Waals surface area contributed by atoms with Gasteiger partial charge in [-0.3, -0.25) is 0 Å². The molecular formula is C13H24N2O3. The van der Waals surface area contributed by atoms with Gasteiger partial charge in [-0.05, 0) is 31.1 Å². The zero-order chi connectivity index (χ0) is 13.5. The van der Waals surface area contributed by atoms with E-state index >= 15 is 0 Å². The first-order chi connectivity index (χ1) is 8.49. The lowest BCUT2D eigenvalue weighted by Crippen LogP contribution is -2.46. The molecule has 1 rings (SSSR count). The molecule has 0 aromatic rings. The van der Waals surface area contributed by atoms with E-state index in [0.717, 1.165) is 18.8 Å². The third kappa shape index (κ3) is 6.47. The van der Waals surface area contributed by atoms with E-state index in [1.807, 2.05) is 13.8 Å². The first kappa shape index (κ1) is 14.8. The summed E-state index contributed by atoms with van der Waals surface area (Å²) in [5.74, 6) is 0.126. The van der Waals surface area contributed by atoms with Gasteiger partial charge < -0.3 is 15.7 Å². The Balaban J connectivity index is 2.15. The minimum Gasteiger partial charge on any atom is -0.480 e. The molecule has 5 nitrogen and oxygen atoms in total. The molecule has 0 heterocycles. The van der Waals surface area contributed by atoms with Crippen molar-refractivity contribution in [2.75, 3.05) is 6.54 Å². The number of rotatable bonds is 8. The molecule has 5 heteroatoms. The Kier molecular flexibility index (Phi) is 5.95. The Morgan fingerprint density at radius 1 is 1.33 bits per heavy atom. The maximum Gasteiger partial charge on any atom is 0.326 e. The van der Waals surface area contributed by atoms with Crippen molar-refractivity contribution in [3.63, 3.8) is 0 Å². The van der Waals surface area contributed by atoms with Gasteiger partial charge in [0.05, 0.1) is 0 Å². The molecule has 0 spiro atoms. The third-order valence-corrected chi connectivity index (χ3v) is 3.08. The summed E-state index contributed by atoms with van der Waals surface area (Å²) in [6.45, 7) is 4.49. The predicted octanol–water partition coefficient (Wildman–Crippen LogP) is 1.98. The predicted molar refractivity (Wildman–Crippen MR) is 69.4 cm³/mol. The maximum atomic E-state index is 11.5. The first-order valence-corrected chi connectivity index (χ1v) is 6.76. The fourth-order valence-corrected chi connectivity index (χ4v) is 1.90.